The van der Waals surface area contributed by atoms with E-state index in [4.69, 9.17) is 4.74 Å². The number of rotatable bonds is 2. The van der Waals surface area contributed by atoms with Gasteiger partial charge in [0.2, 0.25) is 0 Å². The topological polar surface area (TPSA) is 29.5 Å². The maximum absolute atomic E-state index is 13.7. The fourth-order valence-electron chi connectivity index (χ4n) is 2.53. The van der Waals surface area contributed by atoms with Crippen LogP contribution in [0.2, 0.25) is 0 Å². The Morgan fingerprint density at radius 1 is 1.28 bits per heavy atom. The van der Waals surface area contributed by atoms with Gasteiger partial charge in [-0.1, -0.05) is 6.07 Å². The summed E-state index contributed by atoms with van der Waals surface area (Å²) >= 11 is 0. The lowest BCUT2D eigenvalue weighted by molar-refractivity contribution is -0.0653. The van der Waals surface area contributed by atoms with Gasteiger partial charge >= 0.3 is 0 Å². The molecule has 5 heteroatoms. The van der Waals surface area contributed by atoms with Crippen LogP contribution in [-0.2, 0) is 10.3 Å². The lowest BCUT2D eigenvalue weighted by atomic mass is 9.78. The van der Waals surface area contributed by atoms with Crippen molar-refractivity contribution >= 4 is 0 Å². The summed E-state index contributed by atoms with van der Waals surface area (Å²) in [6, 6.07) is 1.94. The quantitative estimate of drug-likeness (QED) is 0.828. The molecule has 0 spiro atoms. The summed E-state index contributed by atoms with van der Waals surface area (Å²) in [6.45, 7) is 0. The van der Waals surface area contributed by atoms with Crippen molar-refractivity contribution in [2.45, 2.75) is 37.4 Å². The summed E-state index contributed by atoms with van der Waals surface area (Å²) in [6.07, 6.45) is 1.72. The molecule has 1 aliphatic carbocycles. The maximum Gasteiger partial charge on any atom is 0.194 e. The van der Waals surface area contributed by atoms with E-state index in [1.165, 1.54) is 7.11 Å². The lowest BCUT2D eigenvalue weighted by Crippen LogP contribution is -2.37. The molecule has 0 aliphatic heterocycles. The predicted octanol–water partition coefficient (Wildman–Crippen LogP) is 2.88. The number of hydrogen-bond acceptors (Lipinski definition) is 2. The van der Waals surface area contributed by atoms with Crippen LogP contribution in [0.15, 0.2) is 12.1 Å². The van der Waals surface area contributed by atoms with Crippen molar-refractivity contribution in [3.05, 3.63) is 35.1 Å². The second-order valence-electron chi connectivity index (χ2n) is 4.71. The lowest BCUT2D eigenvalue weighted by Gasteiger charge is -2.36. The molecular weight excluding hydrogens is 245 g/mol. The predicted molar refractivity (Wildman–Crippen MR) is 59.5 cm³/mol. The molecule has 2 unspecified atom stereocenters. The van der Waals surface area contributed by atoms with Gasteiger partial charge in [-0.2, -0.15) is 0 Å². The van der Waals surface area contributed by atoms with E-state index >= 15 is 0 Å². The molecule has 2 rings (SSSR count). The highest BCUT2D eigenvalue weighted by Crippen LogP contribution is 2.39. The van der Waals surface area contributed by atoms with Crippen molar-refractivity contribution in [2.24, 2.45) is 0 Å². The molecule has 0 bridgehead atoms. The van der Waals surface area contributed by atoms with E-state index in [2.05, 4.69) is 0 Å². The normalized spacial score (nSPS) is 28.4. The van der Waals surface area contributed by atoms with Crippen LogP contribution in [0.25, 0.3) is 0 Å². The van der Waals surface area contributed by atoms with Gasteiger partial charge in [-0.25, -0.2) is 13.2 Å². The highest BCUT2D eigenvalue weighted by atomic mass is 19.2. The van der Waals surface area contributed by atoms with Crippen molar-refractivity contribution in [1.29, 1.82) is 0 Å². The number of halogens is 3. The molecular formula is C13H15F3O2. The molecule has 1 fully saturated rings. The molecule has 1 aromatic carbocycles. The van der Waals surface area contributed by atoms with E-state index in [-0.39, 0.29) is 18.1 Å². The molecule has 0 heterocycles. The van der Waals surface area contributed by atoms with Crippen LogP contribution >= 0.6 is 0 Å². The molecule has 2 atom stereocenters. The molecule has 2 nitrogen and oxygen atoms in total. The van der Waals surface area contributed by atoms with E-state index in [0.29, 0.717) is 12.8 Å². The molecule has 0 aromatic heterocycles. The Morgan fingerprint density at radius 3 is 2.67 bits per heavy atom. The minimum absolute atomic E-state index is 0.186. The molecule has 100 valence electrons. The van der Waals surface area contributed by atoms with E-state index < -0.39 is 23.1 Å². The summed E-state index contributed by atoms with van der Waals surface area (Å²) in [4.78, 5) is 0. The van der Waals surface area contributed by atoms with Gasteiger partial charge in [-0.15, -0.1) is 0 Å². The summed E-state index contributed by atoms with van der Waals surface area (Å²) in [5.74, 6) is -4.10. The van der Waals surface area contributed by atoms with Crippen LogP contribution in [0, 0.1) is 17.5 Å². The first-order valence-electron chi connectivity index (χ1n) is 5.87. The Kier molecular flexibility index (Phi) is 3.64. The fraction of sp³-hybridized carbons (Fsp3) is 0.538. The molecule has 1 N–H and O–H groups in total. The first kappa shape index (κ1) is 13.4. The first-order chi connectivity index (χ1) is 8.48. The van der Waals surface area contributed by atoms with Crippen LogP contribution in [0.1, 0.15) is 31.2 Å². The Bertz CT molecular complexity index is 450. The highest BCUT2D eigenvalue weighted by molar-refractivity contribution is 5.27. The largest absolute Gasteiger partial charge is 0.385 e. The van der Waals surface area contributed by atoms with Crippen molar-refractivity contribution in [3.63, 3.8) is 0 Å². The first-order valence-corrected chi connectivity index (χ1v) is 5.87. The third-order valence-corrected chi connectivity index (χ3v) is 3.55. The number of hydrogen-bond donors (Lipinski definition) is 1. The zero-order valence-electron chi connectivity index (χ0n) is 10.0. The number of ether oxygens (including phenoxy) is 1. The molecule has 1 saturated carbocycles. The highest BCUT2D eigenvalue weighted by Gasteiger charge is 2.39. The van der Waals surface area contributed by atoms with E-state index in [9.17, 15) is 18.3 Å². The number of methoxy groups -OCH3 is 1. The van der Waals surface area contributed by atoms with E-state index in [0.717, 1.165) is 18.6 Å². The average Bonchev–Trinajstić information content (AvgIpc) is 2.35. The molecule has 0 amide bonds. The SMILES string of the molecule is COC1CCCC(O)(c2ccc(F)c(F)c2F)C1. The second kappa shape index (κ2) is 4.90. The third-order valence-electron chi connectivity index (χ3n) is 3.55. The van der Waals surface area contributed by atoms with E-state index in [1.54, 1.807) is 0 Å². The number of benzene rings is 1. The monoisotopic (exact) mass is 260 g/mol. The van der Waals surface area contributed by atoms with Crippen LogP contribution < -0.4 is 0 Å². The van der Waals surface area contributed by atoms with Gasteiger partial charge in [0.1, 0.15) is 0 Å². The summed E-state index contributed by atoms with van der Waals surface area (Å²) in [5.41, 5.74) is -1.68. The average molecular weight is 260 g/mol. The van der Waals surface area contributed by atoms with Gasteiger partial charge in [0, 0.05) is 19.1 Å². The fourth-order valence-corrected chi connectivity index (χ4v) is 2.53. The Labute approximate surface area is 103 Å². The van der Waals surface area contributed by atoms with Crippen molar-refractivity contribution < 1.29 is 23.0 Å². The van der Waals surface area contributed by atoms with Crippen LogP contribution in [0.3, 0.4) is 0 Å². The van der Waals surface area contributed by atoms with Crippen molar-refractivity contribution in [1.82, 2.24) is 0 Å². The van der Waals surface area contributed by atoms with Crippen LogP contribution in [0.4, 0.5) is 13.2 Å². The van der Waals surface area contributed by atoms with Crippen LogP contribution in [-0.4, -0.2) is 18.3 Å². The maximum atomic E-state index is 13.7. The van der Waals surface area contributed by atoms with Gasteiger partial charge in [0.15, 0.2) is 17.5 Å². The Hall–Kier alpha value is -1.07. The molecule has 18 heavy (non-hydrogen) atoms. The molecule has 0 saturated heterocycles. The molecule has 1 aromatic rings. The summed E-state index contributed by atoms with van der Waals surface area (Å²) < 4.78 is 44.9. The Morgan fingerprint density at radius 2 is 2.00 bits per heavy atom. The van der Waals surface area contributed by atoms with E-state index in [1.807, 2.05) is 0 Å². The van der Waals surface area contributed by atoms with Gasteiger partial charge in [0.05, 0.1) is 11.7 Å². The smallest absolute Gasteiger partial charge is 0.194 e. The van der Waals surface area contributed by atoms with Gasteiger partial charge < -0.3 is 9.84 Å². The Balaban J connectivity index is 2.38. The zero-order valence-corrected chi connectivity index (χ0v) is 10.0. The standard InChI is InChI=1S/C13H15F3O2/c1-18-8-3-2-6-13(17,7-8)9-4-5-10(14)12(16)11(9)15/h4-5,8,17H,2-3,6-7H2,1H3. The van der Waals surface area contributed by atoms with Crippen LogP contribution in [0.5, 0.6) is 0 Å². The summed E-state index contributed by atoms with van der Waals surface area (Å²) in [7, 11) is 1.51. The van der Waals surface area contributed by atoms with Gasteiger partial charge in [-0.05, 0) is 25.3 Å². The van der Waals surface area contributed by atoms with Crippen molar-refractivity contribution in [2.75, 3.05) is 7.11 Å². The van der Waals surface area contributed by atoms with Gasteiger partial charge in [0.25, 0.3) is 0 Å². The third kappa shape index (κ3) is 2.24. The zero-order chi connectivity index (χ0) is 13.3. The van der Waals surface area contributed by atoms with Crippen molar-refractivity contribution in [3.8, 4) is 0 Å². The van der Waals surface area contributed by atoms with Gasteiger partial charge in [-0.3, -0.25) is 0 Å². The summed E-state index contributed by atoms with van der Waals surface area (Å²) in [5, 5.41) is 10.4. The second-order valence-corrected chi connectivity index (χ2v) is 4.71. The minimum atomic E-state index is -1.54. The minimum Gasteiger partial charge on any atom is -0.385 e. The molecule has 0 radical (unpaired) electrons. The molecule has 1 aliphatic rings. The number of aliphatic hydroxyl groups is 1.